The average Bonchev–Trinajstić information content (AvgIpc) is 3.45. The Morgan fingerprint density at radius 1 is 1.00 bits per heavy atom. The van der Waals surface area contributed by atoms with Crippen molar-refractivity contribution in [2.24, 2.45) is 0 Å². The Bertz CT molecular complexity index is 1770. The van der Waals surface area contributed by atoms with Crippen molar-refractivity contribution in [1.82, 2.24) is 24.7 Å². The van der Waals surface area contributed by atoms with Gasteiger partial charge in [-0.05, 0) is 31.4 Å². The van der Waals surface area contributed by atoms with E-state index in [1.165, 1.54) is 30.1 Å². The van der Waals surface area contributed by atoms with Gasteiger partial charge in [-0.2, -0.15) is 5.10 Å². The van der Waals surface area contributed by atoms with Crippen molar-refractivity contribution in [3.8, 4) is 28.8 Å². The summed E-state index contributed by atoms with van der Waals surface area (Å²) in [7, 11) is 3.06. The Kier molecular flexibility index (Phi) is 9.79. The van der Waals surface area contributed by atoms with Gasteiger partial charge >= 0.3 is 0 Å². The first kappa shape index (κ1) is 31.1. The molecule has 1 aliphatic heterocycles. The Morgan fingerprint density at radius 2 is 1.83 bits per heavy atom. The molecule has 0 amide bonds. The summed E-state index contributed by atoms with van der Waals surface area (Å²) >= 11 is 0. The van der Waals surface area contributed by atoms with Gasteiger partial charge in [0.05, 0.1) is 57.6 Å². The molecule has 0 radical (unpaired) electrons. The summed E-state index contributed by atoms with van der Waals surface area (Å²) in [6, 6.07) is 11.5. The predicted molar refractivity (Wildman–Crippen MR) is 166 cm³/mol. The smallest absolute Gasteiger partial charge is 0.183 e. The van der Waals surface area contributed by atoms with Crippen LogP contribution in [-0.2, 0) is 16.0 Å². The third-order valence-corrected chi connectivity index (χ3v) is 7.52. The van der Waals surface area contributed by atoms with Crippen molar-refractivity contribution < 1.29 is 32.5 Å². The van der Waals surface area contributed by atoms with E-state index in [1.807, 2.05) is 24.3 Å². The fraction of sp³-hybridized carbons (Fsp3) is 0.333. The minimum atomic E-state index is -0.735. The van der Waals surface area contributed by atoms with Crippen LogP contribution in [0.25, 0.3) is 22.4 Å². The monoisotopic (exact) mass is 632 g/mol. The van der Waals surface area contributed by atoms with Crippen molar-refractivity contribution in [3.63, 3.8) is 0 Å². The zero-order chi connectivity index (χ0) is 31.9. The number of fused-ring (bicyclic) bond motifs is 1. The standard InChI is InChI=1S/C33H34F2N6O5/c1-42-28-18-36-12-11-26(28)38-32-29(43-2)19-37-33(39-32)31-22-8-3-4-9-27(22)41(40-31)20-23-24(34)16-21(17-25(23)35)44-14-7-15-46-30-10-5-6-13-45-30/h3-4,8-9,11-12,16-19,30H,5-7,10,13-15,20H2,1-2H3,(H,36,37,38,39). The van der Waals surface area contributed by atoms with Crippen LogP contribution in [0.4, 0.5) is 20.3 Å². The summed E-state index contributed by atoms with van der Waals surface area (Å²) in [6.45, 7) is 1.24. The van der Waals surface area contributed by atoms with Crippen molar-refractivity contribution in [2.45, 2.75) is 38.5 Å². The van der Waals surface area contributed by atoms with Crippen molar-refractivity contribution in [3.05, 3.63) is 78.3 Å². The van der Waals surface area contributed by atoms with Gasteiger partial charge in [-0.3, -0.25) is 9.67 Å². The van der Waals surface area contributed by atoms with E-state index in [0.29, 0.717) is 59.2 Å². The van der Waals surface area contributed by atoms with Gasteiger partial charge in [0.25, 0.3) is 0 Å². The summed E-state index contributed by atoms with van der Waals surface area (Å²) in [4.78, 5) is 13.2. The van der Waals surface area contributed by atoms with Crippen LogP contribution in [0.3, 0.4) is 0 Å². The maximum Gasteiger partial charge on any atom is 0.183 e. The third-order valence-electron chi connectivity index (χ3n) is 7.52. The Morgan fingerprint density at radius 3 is 2.61 bits per heavy atom. The van der Waals surface area contributed by atoms with E-state index in [0.717, 1.165) is 19.3 Å². The number of halogens is 2. The molecule has 240 valence electrons. The number of para-hydroxylation sites is 1. The van der Waals surface area contributed by atoms with Gasteiger partial charge in [0.2, 0.25) is 0 Å². The van der Waals surface area contributed by atoms with Gasteiger partial charge in [0, 0.05) is 42.3 Å². The molecule has 1 unspecified atom stereocenters. The molecule has 6 rings (SSSR count). The lowest BCUT2D eigenvalue weighted by atomic mass is 10.1. The van der Waals surface area contributed by atoms with E-state index < -0.39 is 11.6 Å². The molecule has 0 spiro atoms. The van der Waals surface area contributed by atoms with Crippen LogP contribution in [0.1, 0.15) is 31.2 Å². The van der Waals surface area contributed by atoms with Crippen LogP contribution < -0.4 is 19.5 Å². The second kappa shape index (κ2) is 14.5. The van der Waals surface area contributed by atoms with E-state index in [2.05, 4.69) is 15.3 Å². The molecule has 1 atom stereocenters. The average molecular weight is 633 g/mol. The molecule has 5 aromatic rings. The van der Waals surface area contributed by atoms with E-state index in [4.69, 9.17) is 33.8 Å². The van der Waals surface area contributed by atoms with Crippen molar-refractivity contribution >= 4 is 22.4 Å². The van der Waals surface area contributed by atoms with Crippen LogP contribution in [0.2, 0.25) is 0 Å². The van der Waals surface area contributed by atoms with E-state index in [9.17, 15) is 0 Å². The van der Waals surface area contributed by atoms with Crippen molar-refractivity contribution in [2.75, 3.05) is 39.4 Å². The van der Waals surface area contributed by atoms with Gasteiger partial charge in [-0.1, -0.05) is 18.2 Å². The van der Waals surface area contributed by atoms with Gasteiger partial charge in [0.15, 0.2) is 29.4 Å². The molecule has 0 bridgehead atoms. The SMILES string of the molecule is COc1cnccc1Nc1nc(-c2nn(Cc3c(F)cc(OCCCOC4CCCCO4)cc3F)c3ccccc23)ncc1OC. The topological polar surface area (TPSA) is 115 Å². The lowest BCUT2D eigenvalue weighted by molar-refractivity contribution is -0.163. The van der Waals surface area contributed by atoms with Gasteiger partial charge in [-0.25, -0.2) is 18.7 Å². The van der Waals surface area contributed by atoms with Gasteiger partial charge < -0.3 is 29.0 Å². The van der Waals surface area contributed by atoms with Crippen LogP contribution in [-0.4, -0.2) is 65.1 Å². The van der Waals surface area contributed by atoms with Crippen LogP contribution >= 0.6 is 0 Å². The second-order valence-electron chi connectivity index (χ2n) is 10.6. The molecule has 1 saturated heterocycles. The first-order valence-electron chi connectivity index (χ1n) is 15.0. The summed E-state index contributed by atoms with van der Waals surface area (Å²) in [6.07, 6.45) is 8.11. The highest BCUT2D eigenvalue weighted by atomic mass is 19.1. The molecule has 1 N–H and O–H groups in total. The number of nitrogens with zero attached hydrogens (tertiary/aromatic N) is 5. The fourth-order valence-electron chi connectivity index (χ4n) is 5.18. The van der Waals surface area contributed by atoms with Crippen LogP contribution in [0.15, 0.2) is 61.1 Å². The van der Waals surface area contributed by atoms with E-state index >= 15 is 8.78 Å². The summed E-state index contributed by atoms with van der Waals surface area (Å²) in [5, 5.41) is 8.62. The summed E-state index contributed by atoms with van der Waals surface area (Å²) < 4.78 is 59.8. The number of nitrogens with one attached hydrogen (secondary N) is 1. The molecule has 0 aliphatic carbocycles. The molecule has 1 aliphatic rings. The number of pyridine rings is 1. The Labute approximate surface area is 264 Å². The molecule has 13 heteroatoms. The number of hydrogen-bond donors (Lipinski definition) is 1. The zero-order valence-corrected chi connectivity index (χ0v) is 25.5. The minimum absolute atomic E-state index is 0.108. The lowest BCUT2D eigenvalue weighted by Crippen LogP contribution is -2.23. The number of methoxy groups -OCH3 is 2. The molecule has 46 heavy (non-hydrogen) atoms. The van der Waals surface area contributed by atoms with Crippen molar-refractivity contribution in [1.29, 1.82) is 0 Å². The molecular weight excluding hydrogens is 598 g/mol. The maximum absolute atomic E-state index is 15.3. The summed E-state index contributed by atoms with van der Waals surface area (Å²) in [5.74, 6) is 0.202. The molecule has 2 aromatic carbocycles. The molecule has 3 aromatic heterocycles. The molecule has 11 nitrogen and oxygen atoms in total. The molecular formula is C33H34F2N6O5. The number of aromatic nitrogens is 5. The zero-order valence-electron chi connectivity index (χ0n) is 25.5. The number of benzene rings is 2. The highest BCUT2D eigenvalue weighted by Crippen LogP contribution is 2.33. The number of rotatable bonds is 13. The third kappa shape index (κ3) is 7.00. The van der Waals surface area contributed by atoms with E-state index in [1.54, 1.807) is 25.6 Å². The van der Waals surface area contributed by atoms with Crippen LogP contribution in [0.5, 0.6) is 17.2 Å². The number of hydrogen-bond acceptors (Lipinski definition) is 10. The largest absolute Gasteiger partial charge is 0.493 e. The highest BCUT2D eigenvalue weighted by Gasteiger charge is 2.20. The Balaban J connectivity index is 1.20. The molecule has 4 heterocycles. The molecule has 0 saturated carbocycles. The van der Waals surface area contributed by atoms with Crippen LogP contribution in [0, 0.1) is 11.6 Å². The molecule has 1 fully saturated rings. The van der Waals surface area contributed by atoms with E-state index in [-0.39, 0.29) is 36.6 Å². The first-order chi connectivity index (χ1) is 22.5. The van der Waals surface area contributed by atoms with Gasteiger partial charge in [-0.15, -0.1) is 0 Å². The second-order valence-corrected chi connectivity index (χ2v) is 10.6. The van der Waals surface area contributed by atoms with Gasteiger partial charge in [0.1, 0.15) is 23.1 Å². The predicted octanol–water partition coefficient (Wildman–Crippen LogP) is 6.29. The Hall–Kier alpha value is -4.88. The first-order valence-corrected chi connectivity index (χ1v) is 15.0. The fourth-order valence-corrected chi connectivity index (χ4v) is 5.18. The quantitative estimate of drug-likeness (QED) is 0.149. The normalized spacial score (nSPS) is 14.7. The minimum Gasteiger partial charge on any atom is -0.493 e. The summed E-state index contributed by atoms with van der Waals surface area (Å²) in [5.41, 5.74) is 1.57. The lowest BCUT2D eigenvalue weighted by Gasteiger charge is -2.22. The number of ether oxygens (including phenoxy) is 5. The highest BCUT2D eigenvalue weighted by molar-refractivity contribution is 5.92. The number of anilines is 2. The maximum atomic E-state index is 15.3.